The third-order valence-corrected chi connectivity index (χ3v) is 3.47. The van der Waals surface area contributed by atoms with Gasteiger partial charge in [0.25, 0.3) is 0 Å². The molecule has 2 rings (SSSR count). The fraction of sp³-hybridized carbons (Fsp3) is 0.250. The van der Waals surface area contributed by atoms with Gasteiger partial charge in [-0.05, 0) is 31.5 Å². The number of amides is 2. The van der Waals surface area contributed by atoms with Crippen molar-refractivity contribution in [2.24, 2.45) is 5.10 Å². The quantitative estimate of drug-likeness (QED) is 0.424. The van der Waals surface area contributed by atoms with E-state index in [-0.39, 0.29) is 6.54 Å². The Morgan fingerprint density at radius 2 is 1.74 bits per heavy atom. The van der Waals surface area contributed by atoms with E-state index < -0.39 is 11.8 Å². The molecule has 0 bridgehead atoms. The van der Waals surface area contributed by atoms with Crippen molar-refractivity contribution >= 4 is 18.0 Å². The SMILES string of the molecule is CCOc1ccc(/C=N\NC(=O)C(=O)NCc2ccccc2)c(OCC)c1. The molecule has 2 N–H and O–H groups in total. The maximum atomic E-state index is 11.8. The molecule has 7 heteroatoms. The monoisotopic (exact) mass is 369 g/mol. The second-order valence-electron chi connectivity index (χ2n) is 5.43. The van der Waals surface area contributed by atoms with Crippen LogP contribution in [0.25, 0.3) is 0 Å². The van der Waals surface area contributed by atoms with E-state index in [2.05, 4.69) is 15.8 Å². The van der Waals surface area contributed by atoms with Crippen LogP contribution in [-0.4, -0.2) is 31.2 Å². The third-order valence-electron chi connectivity index (χ3n) is 3.47. The summed E-state index contributed by atoms with van der Waals surface area (Å²) in [6.07, 6.45) is 1.42. The van der Waals surface area contributed by atoms with Crippen LogP contribution in [0.15, 0.2) is 53.6 Å². The third kappa shape index (κ3) is 6.47. The molecule has 2 amide bonds. The fourth-order valence-corrected chi connectivity index (χ4v) is 2.23. The van der Waals surface area contributed by atoms with Crippen molar-refractivity contribution < 1.29 is 19.1 Å². The van der Waals surface area contributed by atoms with E-state index in [0.29, 0.717) is 30.3 Å². The summed E-state index contributed by atoms with van der Waals surface area (Å²) >= 11 is 0. The Bertz CT molecular complexity index is 791. The van der Waals surface area contributed by atoms with Crippen molar-refractivity contribution in [3.8, 4) is 11.5 Å². The zero-order valence-electron chi connectivity index (χ0n) is 15.4. The fourth-order valence-electron chi connectivity index (χ4n) is 2.23. The van der Waals surface area contributed by atoms with E-state index in [4.69, 9.17) is 9.47 Å². The maximum Gasteiger partial charge on any atom is 0.329 e. The summed E-state index contributed by atoms with van der Waals surface area (Å²) in [5.74, 6) is -0.337. The molecule has 0 radical (unpaired) electrons. The number of benzene rings is 2. The Morgan fingerprint density at radius 3 is 2.44 bits per heavy atom. The summed E-state index contributed by atoms with van der Waals surface area (Å²) in [7, 11) is 0. The molecule has 0 saturated heterocycles. The Morgan fingerprint density at radius 1 is 1.00 bits per heavy atom. The molecule has 7 nitrogen and oxygen atoms in total. The second-order valence-corrected chi connectivity index (χ2v) is 5.43. The van der Waals surface area contributed by atoms with E-state index in [1.807, 2.05) is 44.2 Å². The highest BCUT2D eigenvalue weighted by molar-refractivity contribution is 6.35. The van der Waals surface area contributed by atoms with Crippen LogP contribution < -0.4 is 20.2 Å². The van der Waals surface area contributed by atoms with E-state index in [1.54, 1.807) is 18.2 Å². The van der Waals surface area contributed by atoms with Crippen LogP contribution in [0.1, 0.15) is 25.0 Å². The first-order valence-electron chi connectivity index (χ1n) is 8.68. The molecule has 0 heterocycles. The van der Waals surface area contributed by atoms with Gasteiger partial charge in [-0.3, -0.25) is 9.59 Å². The largest absolute Gasteiger partial charge is 0.494 e. The average Bonchev–Trinajstić information content (AvgIpc) is 2.69. The number of ether oxygens (including phenoxy) is 2. The number of nitrogens with one attached hydrogen (secondary N) is 2. The Labute approximate surface area is 158 Å². The Kier molecular flexibility index (Phi) is 7.84. The molecule has 142 valence electrons. The van der Waals surface area contributed by atoms with E-state index in [0.717, 1.165) is 5.56 Å². The van der Waals surface area contributed by atoms with Crippen LogP contribution in [0.5, 0.6) is 11.5 Å². The summed E-state index contributed by atoms with van der Waals surface area (Å²) in [5.41, 5.74) is 3.77. The summed E-state index contributed by atoms with van der Waals surface area (Å²) in [6, 6.07) is 14.6. The molecule has 0 atom stereocenters. The average molecular weight is 369 g/mol. The van der Waals surface area contributed by atoms with Gasteiger partial charge in [0.2, 0.25) is 0 Å². The normalized spacial score (nSPS) is 10.4. The van der Waals surface area contributed by atoms with E-state index >= 15 is 0 Å². The summed E-state index contributed by atoms with van der Waals surface area (Å²) in [4.78, 5) is 23.6. The van der Waals surface area contributed by atoms with Crippen molar-refractivity contribution in [2.75, 3.05) is 13.2 Å². The minimum Gasteiger partial charge on any atom is -0.494 e. The lowest BCUT2D eigenvalue weighted by Crippen LogP contribution is -2.37. The molecule has 0 aliphatic rings. The molecular formula is C20H23N3O4. The molecule has 0 fully saturated rings. The highest BCUT2D eigenvalue weighted by Crippen LogP contribution is 2.23. The standard InChI is InChI=1S/C20H23N3O4/c1-3-26-17-11-10-16(18(12-17)27-4-2)14-22-23-20(25)19(24)21-13-15-8-6-5-7-9-15/h5-12,14H,3-4,13H2,1-2H3,(H,21,24)(H,23,25)/b22-14-. The van der Waals surface area contributed by atoms with Gasteiger partial charge in [-0.15, -0.1) is 0 Å². The first kappa shape index (κ1) is 20.0. The van der Waals surface area contributed by atoms with Crippen LogP contribution in [-0.2, 0) is 16.1 Å². The van der Waals surface area contributed by atoms with Gasteiger partial charge < -0.3 is 14.8 Å². The lowest BCUT2D eigenvalue weighted by molar-refractivity contribution is -0.139. The zero-order valence-corrected chi connectivity index (χ0v) is 15.4. The number of carbonyl (C=O) groups is 2. The van der Waals surface area contributed by atoms with Gasteiger partial charge in [0.05, 0.1) is 19.4 Å². The van der Waals surface area contributed by atoms with Crippen molar-refractivity contribution in [2.45, 2.75) is 20.4 Å². The van der Waals surface area contributed by atoms with Gasteiger partial charge in [0, 0.05) is 18.2 Å². The van der Waals surface area contributed by atoms with Crippen molar-refractivity contribution in [1.82, 2.24) is 10.7 Å². The second kappa shape index (κ2) is 10.6. The molecule has 2 aromatic carbocycles. The number of hydrogen-bond donors (Lipinski definition) is 2. The summed E-state index contributed by atoms with van der Waals surface area (Å²) < 4.78 is 11.0. The molecule has 2 aromatic rings. The number of hydrazone groups is 1. The van der Waals surface area contributed by atoms with Crippen LogP contribution in [0.3, 0.4) is 0 Å². The van der Waals surface area contributed by atoms with Gasteiger partial charge in [0.1, 0.15) is 11.5 Å². The highest BCUT2D eigenvalue weighted by atomic mass is 16.5. The predicted molar refractivity (Wildman–Crippen MR) is 103 cm³/mol. The smallest absolute Gasteiger partial charge is 0.329 e. The number of nitrogens with zero attached hydrogens (tertiary/aromatic N) is 1. The van der Waals surface area contributed by atoms with Crippen LogP contribution >= 0.6 is 0 Å². The van der Waals surface area contributed by atoms with Gasteiger partial charge in [0.15, 0.2) is 0 Å². The number of rotatable bonds is 8. The first-order chi connectivity index (χ1) is 13.1. The molecule has 0 spiro atoms. The molecule has 0 aromatic heterocycles. The zero-order chi connectivity index (χ0) is 19.5. The molecule has 0 aliphatic carbocycles. The van der Waals surface area contributed by atoms with Crippen molar-refractivity contribution in [3.05, 3.63) is 59.7 Å². The van der Waals surface area contributed by atoms with Gasteiger partial charge in [-0.2, -0.15) is 5.10 Å². The number of carbonyl (C=O) groups excluding carboxylic acids is 2. The Balaban J connectivity index is 1.91. The first-order valence-corrected chi connectivity index (χ1v) is 8.68. The molecule has 0 unspecified atom stereocenters. The topological polar surface area (TPSA) is 89.0 Å². The molecular weight excluding hydrogens is 346 g/mol. The lowest BCUT2D eigenvalue weighted by atomic mass is 10.2. The van der Waals surface area contributed by atoms with Gasteiger partial charge in [-0.25, -0.2) is 5.43 Å². The summed E-state index contributed by atoms with van der Waals surface area (Å²) in [6.45, 7) is 5.06. The maximum absolute atomic E-state index is 11.8. The molecule has 0 saturated carbocycles. The van der Waals surface area contributed by atoms with Gasteiger partial charge >= 0.3 is 11.8 Å². The van der Waals surface area contributed by atoms with Crippen LogP contribution in [0.2, 0.25) is 0 Å². The summed E-state index contributed by atoms with van der Waals surface area (Å²) in [5, 5.41) is 6.36. The van der Waals surface area contributed by atoms with E-state index in [1.165, 1.54) is 6.21 Å². The minimum atomic E-state index is -0.842. The van der Waals surface area contributed by atoms with Crippen LogP contribution in [0.4, 0.5) is 0 Å². The number of hydrogen-bond acceptors (Lipinski definition) is 5. The van der Waals surface area contributed by atoms with E-state index in [9.17, 15) is 9.59 Å². The van der Waals surface area contributed by atoms with Gasteiger partial charge in [-0.1, -0.05) is 30.3 Å². The lowest BCUT2D eigenvalue weighted by Gasteiger charge is -2.10. The minimum absolute atomic E-state index is 0.268. The van der Waals surface area contributed by atoms with Crippen molar-refractivity contribution in [1.29, 1.82) is 0 Å². The predicted octanol–water partition coefficient (Wildman–Crippen LogP) is 2.25. The highest BCUT2D eigenvalue weighted by Gasteiger charge is 2.12. The Hall–Kier alpha value is -3.35. The molecule has 27 heavy (non-hydrogen) atoms. The van der Waals surface area contributed by atoms with Crippen molar-refractivity contribution in [3.63, 3.8) is 0 Å². The molecule has 0 aliphatic heterocycles. The van der Waals surface area contributed by atoms with Crippen LogP contribution in [0, 0.1) is 0 Å².